The van der Waals surface area contributed by atoms with Gasteiger partial charge >= 0.3 is 0 Å². The third-order valence-electron chi connectivity index (χ3n) is 2.80. The van der Waals surface area contributed by atoms with Gasteiger partial charge in [-0.3, -0.25) is 15.0 Å². The highest BCUT2D eigenvalue weighted by Gasteiger charge is 2.11. The van der Waals surface area contributed by atoms with Gasteiger partial charge in [0.15, 0.2) is 6.23 Å². The molecule has 0 spiro atoms. The number of ether oxygens (including phenoxy) is 1. The molecule has 1 unspecified atom stereocenters. The Kier molecular flexibility index (Phi) is 3.80. The number of pyridine rings is 2. The molecule has 0 radical (unpaired) electrons. The lowest BCUT2D eigenvalue weighted by atomic mass is 10.3. The molecule has 0 fully saturated rings. The molecule has 1 atom stereocenters. The van der Waals surface area contributed by atoms with Gasteiger partial charge < -0.3 is 10.1 Å². The average molecular weight is 266 g/mol. The molecule has 0 aliphatic carbocycles. The minimum atomic E-state index is -0.246. The summed E-state index contributed by atoms with van der Waals surface area (Å²) < 4.78 is 5.67. The van der Waals surface area contributed by atoms with E-state index in [2.05, 4.69) is 20.3 Å². The largest absolute Gasteiger partial charge is 0.360 e. The summed E-state index contributed by atoms with van der Waals surface area (Å²) in [5, 5.41) is 3.14. The maximum Gasteiger partial charge on any atom is 0.164 e. The molecule has 3 rings (SSSR count). The molecule has 1 aliphatic rings. The number of aromatic nitrogens is 2. The first-order valence-corrected chi connectivity index (χ1v) is 6.35. The molecule has 0 saturated heterocycles. The lowest BCUT2D eigenvalue weighted by Gasteiger charge is -2.18. The number of rotatable bonds is 4. The molecular weight excluding hydrogens is 252 g/mol. The van der Waals surface area contributed by atoms with Crippen molar-refractivity contribution in [1.29, 1.82) is 0 Å². The van der Waals surface area contributed by atoms with Gasteiger partial charge in [-0.25, -0.2) is 0 Å². The van der Waals surface area contributed by atoms with Gasteiger partial charge in [-0.05, 0) is 24.3 Å². The lowest BCUT2D eigenvalue weighted by Crippen LogP contribution is -2.31. The van der Waals surface area contributed by atoms with Crippen LogP contribution in [0.2, 0.25) is 0 Å². The predicted molar refractivity (Wildman–Crippen MR) is 76.7 cm³/mol. The fourth-order valence-corrected chi connectivity index (χ4v) is 1.79. The molecule has 0 aromatic carbocycles. The van der Waals surface area contributed by atoms with Crippen molar-refractivity contribution in [1.82, 2.24) is 15.3 Å². The van der Waals surface area contributed by atoms with Crippen molar-refractivity contribution >= 4 is 11.9 Å². The lowest BCUT2D eigenvalue weighted by molar-refractivity contribution is 0.0720. The summed E-state index contributed by atoms with van der Waals surface area (Å²) in [6.07, 6.45) is 6.79. The molecule has 0 amide bonds. The molecule has 5 nitrogen and oxygen atoms in total. The summed E-state index contributed by atoms with van der Waals surface area (Å²) in [5.41, 5.74) is 2.52. The van der Waals surface area contributed by atoms with Crippen LogP contribution < -0.4 is 5.32 Å². The Labute approximate surface area is 117 Å². The zero-order valence-corrected chi connectivity index (χ0v) is 10.8. The molecule has 5 heteroatoms. The number of aliphatic imine (C=N–C) groups is 1. The second kappa shape index (κ2) is 6.08. The Bertz CT molecular complexity index is 610. The van der Waals surface area contributed by atoms with Crippen molar-refractivity contribution in [2.75, 3.05) is 0 Å². The van der Waals surface area contributed by atoms with Gasteiger partial charge in [0, 0.05) is 18.6 Å². The van der Waals surface area contributed by atoms with Gasteiger partial charge in [0.05, 0.1) is 24.2 Å². The van der Waals surface area contributed by atoms with Gasteiger partial charge in [0.25, 0.3) is 0 Å². The van der Waals surface area contributed by atoms with E-state index in [0.717, 1.165) is 17.1 Å². The molecule has 100 valence electrons. The fraction of sp³-hybridized carbons (Fsp3) is 0.133. The van der Waals surface area contributed by atoms with Gasteiger partial charge in [0.2, 0.25) is 0 Å². The molecule has 2 aromatic heterocycles. The molecule has 0 saturated carbocycles. The highest BCUT2D eigenvalue weighted by Crippen LogP contribution is 2.14. The first-order chi connectivity index (χ1) is 9.92. The van der Waals surface area contributed by atoms with Crippen molar-refractivity contribution < 1.29 is 4.74 Å². The molecule has 1 N–H and O–H groups in total. The summed E-state index contributed by atoms with van der Waals surface area (Å²) in [6, 6.07) is 11.5. The van der Waals surface area contributed by atoms with E-state index >= 15 is 0 Å². The number of nitrogens with one attached hydrogen (secondary N) is 1. The van der Waals surface area contributed by atoms with Crippen LogP contribution in [0, 0.1) is 0 Å². The molecular formula is C15H14N4O. The Morgan fingerprint density at radius 2 is 1.90 bits per heavy atom. The second-order valence-electron chi connectivity index (χ2n) is 4.24. The maximum atomic E-state index is 5.67. The molecule has 3 heterocycles. The molecule has 1 aliphatic heterocycles. The Morgan fingerprint density at radius 1 is 1.05 bits per heavy atom. The van der Waals surface area contributed by atoms with Crippen LogP contribution >= 0.6 is 0 Å². The van der Waals surface area contributed by atoms with E-state index in [-0.39, 0.29) is 6.23 Å². The summed E-state index contributed by atoms with van der Waals surface area (Å²) >= 11 is 0. The SMILES string of the molecule is C1=NC(c2ccccn2)=CNC1OCc1ccccn1. The zero-order chi connectivity index (χ0) is 13.6. The summed E-state index contributed by atoms with van der Waals surface area (Å²) in [7, 11) is 0. The van der Waals surface area contributed by atoms with Crippen molar-refractivity contribution in [3.63, 3.8) is 0 Å². The van der Waals surface area contributed by atoms with Crippen LogP contribution in [0.3, 0.4) is 0 Å². The van der Waals surface area contributed by atoms with Gasteiger partial charge in [-0.1, -0.05) is 12.1 Å². The number of nitrogens with zero attached hydrogens (tertiary/aromatic N) is 3. The van der Waals surface area contributed by atoms with Crippen LogP contribution in [0.4, 0.5) is 0 Å². The Hall–Kier alpha value is -2.53. The maximum absolute atomic E-state index is 5.67. The third-order valence-corrected chi connectivity index (χ3v) is 2.80. The van der Waals surface area contributed by atoms with E-state index in [9.17, 15) is 0 Å². The van der Waals surface area contributed by atoms with E-state index in [1.807, 2.05) is 42.6 Å². The quantitative estimate of drug-likeness (QED) is 0.919. The molecule has 2 aromatic rings. The van der Waals surface area contributed by atoms with Crippen molar-refractivity contribution in [3.8, 4) is 0 Å². The molecule has 20 heavy (non-hydrogen) atoms. The third kappa shape index (κ3) is 3.07. The van der Waals surface area contributed by atoms with Gasteiger partial charge in [0.1, 0.15) is 5.70 Å². The summed E-state index contributed by atoms with van der Waals surface area (Å²) in [6.45, 7) is 0.442. The van der Waals surface area contributed by atoms with Crippen LogP contribution in [-0.4, -0.2) is 22.4 Å². The van der Waals surface area contributed by atoms with E-state index < -0.39 is 0 Å². The topological polar surface area (TPSA) is 59.4 Å². The Morgan fingerprint density at radius 3 is 2.55 bits per heavy atom. The zero-order valence-electron chi connectivity index (χ0n) is 10.8. The molecule has 0 bridgehead atoms. The first kappa shape index (κ1) is 12.5. The highest BCUT2D eigenvalue weighted by molar-refractivity contribution is 5.77. The standard InChI is InChI=1S/C15H14N4O/c1-3-7-16-12(5-1)11-20-15-10-18-14(9-19-15)13-6-2-4-8-17-13/h1-10,15,19H,11H2. The van der Waals surface area contributed by atoms with Crippen molar-refractivity contribution in [2.45, 2.75) is 12.8 Å². The smallest absolute Gasteiger partial charge is 0.164 e. The number of hydrogen-bond acceptors (Lipinski definition) is 5. The van der Waals surface area contributed by atoms with Crippen LogP contribution in [0.1, 0.15) is 11.4 Å². The van der Waals surface area contributed by atoms with E-state index in [1.54, 1.807) is 18.6 Å². The van der Waals surface area contributed by atoms with Crippen LogP contribution in [0.15, 0.2) is 60.0 Å². The van der Waals surface area contributed by atoms with Gasteiger partial charge in [-0.15, -0.1) is 0 Å². The Balaban J connectivity index is 1.56. The van der Waals surface area contributed by atoms with Crippen LogP contribution in [0.5, 0.6) is 0 Å². The second-order valence-corrected chi connectivity index (χ2v) is 4.24. The van der Waals surface area contributed by atoms with Crippen molar-refractivity contribution in [2.24, 2.45) is 4.99 Å². The van der Waals surface area contributed by atoms with Crippen molar-refractivity contribution in [3.05, 3.63) is 66.4 Å². The normalized spacial score (nSPS) is 17.4. The number of hydrogen-bond donors (Lipinski definition) is 1. The highest BCUT2D eigenvalue weighted by atomic mass is 16.5. The van der Waals surface area contributed by atoms with Gasteiger partial charge in [-0.2, -0.15) is 0 Å². The van der Waals surface area contributed by atoms with Crippen LogP contribution in [-0.2, 0) is 11.3 Å². The van der Waals surface area contributed by atoms with E-state index in [4.69, 9.17) is 4.74 Å². The monoisotopic (exact) mass is 266 g/mol. The predicted octanol–water partition coefficient (Wildman–Crippen LogP) is 1.99. The van der Waals surface area contributed by atoms with E-state index in [0.29, 0.717) is 6.61 Å². The fourth-order valence-electron chi connectivity index (χ4n) is 1.79. The first-order valence-electron chi connectivity index (χ1n) is 6.35. The summed E-state index contributed by atoms with van der Waals surface area (Å²) in [4.78, 5) is 12.8. The minimum absolute atomic E-state index is 0.246. The summed E-state index contributed by atoms with van der Waals surface area (Å²) in [5.74, 6) is 0. The van der Waals surface area contributed by atoms with E-state index in [1.165, 1.54) is 0 Å². The minimum Gasteiger partial charge on any atom is -0.360 e. The van der Waals surface area contributed by atoms with Crippen LogP contribution in [0.25, 0.3) is 5.70 Å². The average Bonchev–Trinajstić information content (AvgIpc) is 2.55.